The zero-order valence-electron chi connectivity index (χ0n) is 13.2. The number of azo groups is 1. The Balaban J connectivity index is 1.68. The van der Waals surface area contributed by atoms with Gasteiger partial charge in [0.25, 0.3) is 0 Å². The number of benzene rings is 2. The number of thiazole rings is 1. The van der Waals surface area contributed by atoms with Crippen LogP contribution < -0.4 is 5.32 Å². The highest BCUT2D eigenvalue weighted by atomic mass is 32.1. The lowest BCUT2D eigenvalue weighted by atomic mass is 10.3. The summed E-state index contributed by atoms with van der Waals surface area (Å²) in [4.78, 5) is 5.81. The van der Waals surface area contributed by atoms with Crippen molar-refractivity contribution in [2.24, 2.45) is 10.2 Å². The summed E-state index contributed by atoms with van der Waals surface area (Å²) >= 11 is 3.14. The van der Waals surface area contributed by atoms with Gasteiger partial charge in [0, 0.05) is 5.69 Å². The van der Waals surface area contributed by atoms with Crippen molar-refractivity contribution < 1.29 is 0 Å². The van der Waals surface area contributed by atoms with Crippen molar-refractivity contribution in [1.29, 1.82) is 0 Å². The average Bonchev–Trinajstić information content (AvgIpc) is 3.31. The quantitative estimate of drug-likeness (QED) is 0.387. The van der Waals surface area contributed by atoms with Crippen LogP contribution in [0.3, 0.4) is 0 Å². The summed E-state index contributed by atoms with van der Waals surface area (Å²) in [6.07, 6.45) is 0. The summed E-state index contributed by atoms with van der Waals surface area (Å²) in [6, 6.07) is 23.8. The van der Waals surface area contributed by atoms with Gasteiger partial charge in [-0.05, 0) is 35.7 Å². The number of thiophene rings is 1. The summed E-state index contributed by atoms with van der Waals surface area (Å²) < 4.78 is 0. The lowest BCUT2D eigenvalue weighted by Gasteiger charge is -2.00. The van der Waals surface area contributed by atoms with Gasteiger partial charge in [0.15, 0.2) is 10.1 Å². The third-order valence-electron chi connectivity index (χ3n) is 3.40. The maximum absolute atomic E-state index is 4.72. The number of para-hydroxylation sites is 1. The molecule has 0 unspecified atom stereocenters. The topological polar surface area (TPSA) is 49.6 Å². The number of anilines is 2. The Labute approximate surface area is 153 Å². The number of aromatic nitrogens is 1. The van der Waals surface area contributed by atoms with Crippen LogP contribution in [0.1, 0.15) is 0 Å². The third kappa shape index (κ3) is 3.81. The molecule has 0 aliphatic carbocycles. The minimum Gasteiger partial charge on any atom is -0.331 e. The molecule has 0 spiro atoms. The van der Waals surface area contributed by atoms with E-state index in [-0.39, 0.29) is 0 Å². The van der Waals surface area contributed by atoms with E-state index in [2.05, 4.69) is 15.5 Å². The van der Waals surface area contributed by atoms with Gasteiger partial charge in [-0.2, -0.15) is 0 Å². The standard InChI is InChI=1S/C19H14N4S2/c1-3-8-14(9-4-1)20-19-21-17(16-12-7-13-24-16)18(25-19)23-22-15-10-5-2-6-11-15/h1-13H,(H,20,21). The van der Waals surface area contributed by atoms with E-state index in [9.17, 15) is 0 Å². The first-order valence-corrected chi connectivity index (χ1v) is 9.42. The van der Waals surface area contributed by atoms with Gasteiger partial charge in [0.1, 0.15) is 5.69 Å². The lowest BCUT2D eigenvalue weighted by Crippen LogP contribution is -1.88. The third-order valence-corrected chi connectivity index (χ3v) is 5.13. The molecule has 0 atom stereocenters. The van der Waals surface area contributed by atoms with Crippen LogP contribution in [-0.2, 0) is 0 Å². The second-order valence-corrected chi connectivity index (χ2v) is 7.10. The highest BCUT2D eigenvalue weighted by Crippen LogP contribution is 2.41. The highest BCUT2D eigenvalue weighted by molar-refractivity contribution is 7.20. The van der Waals surface area contributed by atoms with Crippen LogP contribution in [0.4, 0.5) is 21.5 Å². The molecule has 6 heteroatoms. The van der Waals surface area contributed by atoms with E-state index in [1.165, 1.54) is 11.3 Å². The molecule has 2 aromatic carbocycles. The van der Waals surface area contributed by atoms with Crippen LogP contribution in [0.25, 0.3) is 10.6 Å². The van der Waals surface area contributed by atoms with Crippen molar-refractivity contribution in [3.63, 3.8) is 0 Å². The Bertz CT molecular complexity index is 961. The van der Waals surface area contributed by atoms with Gasteiger partial charge in [-0.1, -0.05) is 53.8 Å². The van der Waals surface area contributed by atoms with Gasteiger partial charge in [0.2, 0.25) is 0 Å². The van der Waals surface area contributed by atoms with Crippen LogP contribution >= 0.6 is 22.7 Å². The molecule has 0 aliphatic rings. The molecule has 1 N–H and O–H groups in total. The highest BCUT2D eigenvalue weighted by Gasteiger charge is 2.14. The minimum atomic E-state index is 0.796. The van der Waals surface area contributed by atoms with Crippen LogP contribution in [0.5, 0.6) is 0 Å². The second kappa shape index (κ2) is 7.38. The molecule has 4 rings (SSSR count). The van der Waals surface area contributed by atoms with Crippen molar-refractivity contribution >= 4 is 44.2 Å². The molecule has 2 heterocycles. The van der Waals surface area contributed by atoms with Crippen molar-refractivity contribution in [2.45, 2.75) is 0 Å². The zero-order valence-corrected chi connectivity index (χ0v) is 14.8. The molecule has 0 saturated heterocycles. The van der Waals surface area contributed by atoms with Crippen molar-refractivity contribution in [1.82, 2.24) is 4.98 Å². The van der Waals surface area contributed by atoms with Crippen molar-refractivity contribution in [3.05, 3.63) is 78.2 Å². The average molecular weight is 362 g/mol. The largest absolute Gasteiger partial charge is 0.331 e. The maximum atomic E-state index is 4.72. The number of nitrogens with zero attached hydrogens (tertiary/aromatic N) is 3. The van der Waals surface area contributed by atoms with Crippen LogP contribution in [0, 0.1) is 0 Å². The van der Waals surface area contributed by atoms with Gasteiger partial charge in [-0.15, -0.1) is 21.6 Å². The van der Waals surface area contributed by atoms with E-state index in [0.717, 1.165) is 32.1 Å². The first-order chi connectivity index (χ1) is 12.4. The minimum absolute atomic E-state index is 0.796. The van der Waals surface area contributed by atoms with Crippen molar-refractivity contribution in [3.8, 4) is 10.6 Å². The molecule has 0 bridgehead atoms. The Hall–Kier alpha value is -2.83. The fourth-order valence-corrected chi connectivity index (χ4v) is 3.85. The summed E-state index contributed by atoms with van der Waals surface area (Å²) in [7, 11) is 0. The molecule has 0 saturated carbocycles. The summed E-state index contributed by atoms with van der Waals surface area (Å²) in [5.74, 6) is 0. The van der Waals surface area contributed by atoms with Gasteiger partial charge >= 0.3 is 0 Å². The van der Waals surface area contributed by atoms with Crippen LogP contribution in [-0.4, -0.2) is 4.98 Å². The molecule has 4 nitrogen and oxygen atoms in total. The van der Waals surface area contributed by atoms with E-state index in [4.69, 9.17) is 4.98 Å². The molecule has 0 aliphatic heterocycles. The molecule has 0 amide bonds. The molecule has 0 radical (unpaired) electrons. The smallest absolute Gasteiger partial charge is 0.189 e. The zero-order chi connectivity index (χ0) is 16.9. The molecule has 4 aromatic rings. The van der Waals surface area contributed by atoms with Gasteiger partial charge in [-0.25, -0.2) is 4.98 Å². The lowest BCUT2D eigenvalue weighted by molar-refractivity contribution is 1.24. The summed E-state index contributed by atoms with van der Waals surface area (Å²) in [5, 5.41) is 15.8. The van der Waals surface area contributed by atoms with Crippen LogP contribution in [0.15, 0.2) is 88.4 Å². The van der Waals surface area contributed by atoms with E-state index in [1.807, 2.05) is 78.2 Å². The number of rotatable bonds is 5. The fraction of sp³-hybridized carbons (Fsp3) is 0. The van der Waals surface area contributed by atoms with E-state index >= 15 is 0 Å². The predicted octanol–water partition coefficient (Wildman–Crippen LogP) is 7.03. The molecule has 122 valence electrons. The summed E-state index contributed by atoms with van der Waals surface area (Å²) in [5.41, 5.74) is 2.68. The van der Waals surface area contributed by atoms with E-state index < -0.39 is 0 Å². The fourth-order valence-electron chi connectivity index (χ4n) is 2.25. The first-order valence-electron chi connectivity index (χ1n) is 7.72. The Kier molecular flexibility index (Phi) is 4.63. The molecule has 25 heavy (non-hydrogen) atoms. The Morgan fingerprint density at radius 2 is 1.56 bits per heavy atom. The molecule has 2 aromatic heterocycles. The normalized spacial score (nSPS) is 11.0. The molecular formula is C19H14N4S2. The second-order valence-electron chi connectivity index (χ2n) is 5.18. The Morgan fingerprint density at radius 1 is 0.800 bits per heavy atom. The molecular weight excluding hydrogens is 348 g/mol. The predicted molar refractivity (Wildman–Crippen MR) is 106 cm³/mol. The van der Waals surface area contributed by atoms with Crippen LogP contribution in [0.2, 0.25) is 0 Å². The maximum Gasteiger partial charge on any atom is 0.189 e. The SMILES string of the molecule is c1ccc(N=Nc2sc(Nc3ccccc3)nc2-c2cccs2)cc1. The van der Waals surface area contributed by atoms with Gasteiger partial charge in [0.05, 0.1) is 10.6 Å². The summed E-state index contributed by atoms with van der Waals surface area (Å²) in [6.45, 7) is 0. The van der Waals surface area contributed by atoms with Gasteiger partial charge < -0.3 is 5.32 Å². The number of hydrogen-bond donors (Lipinski definition) is 1. The number of nitrogens with one attached hydrogen (secondary N) is 1. The van der Waals surface area contributed by atoms with E-state index in [0.29, 0.717) is 0 Å². The van der Waals surface area contributed by atoms with Gasteiger partial charge in [-0.3, -0.25) is 0 Å². The van der Waals surface area contributed by atoms with E-state index in [1.54, 1.807) is 11.3 Å². The van der Waals surface area contributed by atoms with Crippen molar-refractivity contribution in [2.75, 3.05) is 5.32 Å². The monoisotopic (exact) mass is 362 g/mol. The first kappa shape index (κ1) is 15.7. The molecule has 0 fully saturated rings. The number of hydrogen-bond acceptors (Lipinski definition) is 6. The Morgan fingerprint density at radius 3 is 2.28 bits per heavy atom.